The topological polar surface area (TPSA) is 64.0 Å². The van der Waals surface area contributed by atoms with Crippen LogP contribution in [0, 0.1) is 0 Å². The minimum Gasteiger partial charge on any atom is -0.497 e. The van der Waals surface area contributed by atoms with E-state index in [1.807, 2.05) is 60.8 Å². The quantitative estimate of drug-likeness (QED) is 0.493. The van der Waals surface area contributed by atoms with E-state index in [1.165, 1.54) is 6.92 Å². The summed E-state index contributed by atoms with van der Waals surface area (Å²) in [6, 6.07) is 17.0. The van der Waals surface area contributed by atoms with Gasteiger partial charge in [0, 0.05) is 25.2 Å². The number of carbonyl (C=O) groups excluding carboxylic acids is 2. The Morgan fingerprint density at radius 2 is 1.76 bits per heavy atom. The van der Waals surface area contributed by atoms with Gasteiger partial charge in [0.15, 0.2) is 0 Å². The third-order valence-corrected chi connectivity index (χ3v) is 6.27. The number of unbranched alkanes of at least 4 members (excludes halogenated alkanes) is 1. The number of aromatic nitrogens is 1. The standard InChI is InChI=1S/C27H31N3O4/c1-5-6-15-28(19(2)31)18-26(32)30-23-11-8-7-10-22(23)29-16-9-12-24(29)27(30)21-17-20(33-3)13-14-25(21)34-4/h7-14,16-17,27H,5-6,15,18H2,1-4H3. The average molecular weight is 462 g/mol. The first-order chi connectivity index (χ1) is 16.5. The van der Waals surface area contributed by atoms with Crippen molar-refractivity contribution in [3.05, 3.63) is 72.1 Å². The first-order valence-corrected chi connectivity index (χ1v) is 11.6. The molecule has 2 heterocycles. The molecule has 0 N–H and O–H groups in total. The third-order valence-electron chi connectivity index (χ3n) is 6.27. The van der Waals surface area contributed by atoms with Crippen molar-refractivity contribution in [3.8, 4) is 17.2 Å². The van der Waals surface area contributed by atoms with E-state index < -0.39 is 6.04 Å². The molecule has 1 aromatic heterocycles. The van der Waals surface area contributed by atoms with Gasteiger partial charge in [0.1, 0.15) is 24.1 Å². The molecule has 0 spiro atoms. The van der Waals surface area contributed by atoms with E-state index in [2.05, 4.69) is 11.5 Å². The molecule has 0 radical (unpaired) electrons. The molecule has 0 bridgehead atoms. The van der Waals surface area contributed by atoms with E-state index in [4.69, 9.17) is 9.47 Å². The number of amides is 2. The Hall–Kier alpha value is -3.74. The van der Waals surface area contributed by atoms with Crippen molar-refractivity contribution < 1.29 is 19.1 Å². The fraction of sp³-hybridized carbons (Fsp3) is 0.333. The Bertz CT molecular complexity index is 1190. The van der Waals surface area contributed by atoms with Crippen LogP contribution in [-0.2, 0) is 9.59 Å². The molecule has 7 nitrogen and oxygen atoms in total. The summed E-state index contributed by atoms with van der Waals surface area (Å²) in [4.78, 5) is 29.7. The fourth-order valence-electron chi connectivity index (χ4n) is 4.55. The molecule has 0 saturated carbocycles. The average Bonchev–Trinajstić information content (AvgIpc) is 3.35. The maximum absolute atomic E-state index is 14.0. The molecule has 2 aromatic carbocycles. The van der Waals surface area contributed by atoms with E-state index in [1.54, 1.807) is 24.0 Å². The normalized spacial score (nSPS) is 14.2. The van der Waals surface area contributed by atoms with Crippen LogP contribution in [0.4, 0.5) is 5.69 Å². The zero-order valence-corrected chi connectivity index (χ0v) is 20.2. The Labute approximate surface area is 200 Å². The number of methoxy groups -OCH3 is 2. The minimum absolute atomic E-state index is 0.00710. The molecule has 0 saturated heterocycles. The summed E-state index contributed by atoms with van der Waals surface area (Å²) in [5, 5.41) is 0. The number of benzene rings is 2. The van der Waals surface area contributed by atoms with Crippen LogP contribution >= 0.6 is 0 Å². The van der Waals surface area contributed by atoms with E-state index in [0.29, 0.717) is 18.0 Å². The Morgan fingerprint density at radius 1 is 1.00 bits per heavy atom. The molecule has 1 unspecified atom stereocenters. The number of para-hydroxylation sites is 2. The second kappa shape index (κ2) is 10.0. The van der Waals surface area contributed by atoms with Crippen LogP contribution < -0.4 is 14.4 Å². The highest BCUT2D eigenvalue weighted by Gasteiger charge is 2.38. The lowest BCUT2D eigenvalue weighted by atomic mass is 9.96. The summed E-state index contributed by atoms with van der Waals surface area (Å²) in [6.45, 7) is 4.14. The van der Waals surface area contributed by atoms with Crippen molar-refractivity contribution >= 4 is 17.5 Å². The van der Waals surface area contributed by atoms with Crippen molar-refractivity contribution in [2.75, 3.05) is 32.2 Å². The number of ether oxygens (including phenoxy) is 2. The zero-order chi connectivity index (χ0) is 24.2. The van der Waals surface area contributed by atoms with Gasteiger partial charge in [-0.15, -0.1) is 0 Å². The summed E-state index contributed by atoms with van der Waals surface area (Å²) in [5.74, 6) is 1.07. The number of nitrogens with zero attached hydrogens (tertiary/aromatic N) is 3. The molecular weight excluding hydrogens is 430 g/mol. The van der Waals surface area contributed by atoms with E-state index in [0.717, 1.165) is 35.5 Å². The highest BCUT2D eigenvalue weighted by atomic mass is 16.5. The molecule has 178 valence electrons. The second-order valence-electron chi connectivity index (χ2n) is 8.36. The second-order valence-corrected chi connectivity index (χ2v) is 8.36. The van der Waals surface area contributed by atoms with Gasteiger partial charge in [-0.25, -0.2) is 0 Å². The molecule has 0 fully saturated rings. The molecule has 2 amide bonds. The number of anilines is 1. The van der Waals surface area contributed by atoms with Gasteiger partial charge < -0.3 is 18.9 Å². The number of fused-ring (bicyclic) bond motifs is 3. The van der Waals surface area contributed by atoms with Crippen LogP contribution in [0.2, 0.25) is 0 Å². The molecule has 0 aliphatic carbocycles. The van der Waals surface area contributed by atoms with Gasteiger partial charge in [0.05, 0.1) is 31.3 Å². The molecule has 1 aliphatic heterocycles. The maximum Gasteiger partial charge on any atom is 0.247 e. The smallest absolute Gasteiger partial charge is 0.247 e. The number of hydrogen-bond acceptors (Lipinski definition) is 4. The molecular formula is C27H31N3O4. The molecule has 1 atom stereocenters. The highest BCUT2D eigenvalue weighted by molar-refractivity contribution is 6.00. The number of rotatable bonds is 8. The molecule has 3 aromatic rings. The Kier molecular flexibility index (Phi) is 6.91. The zero-order valence-electron chi connectivity index (χ0n) is 20.2. The van der Waals surface area contributed by atoms with Gasteiger partial charge in [-0.2, -0.15) is 0 Å². The third kappa shape index (κ3) is 4.25. The first kappa shape index (κ1) is 23.4. The lowest BCUT2D eigenvalue weighted by Crippen LogP contribution is -2.46. The lowest BCUT2D eigenvalue weighted by molar-refractivity contribution is -0.133. The van der Waals surface area contributed by atoms with Gasteiger partial charge in [0.25, 0.3) is 0 Å². The maximum atomic E-state index is 14.0. The van der Waals surface area contributed by atoms with Crippen LogP contribution in [0.5, 0.6) is 11.5 Å². The van der Waals surface area contributed by atoms with Crippen LogP contribution in [0.1, 0.15) is 44.0 Å². The predicted molar refractivity (Wildman–Crippen MR) is 132 cm³/mol. The van der Waals surface area contributed by atoms with Crippen LogP contribution in [-0.4, -0.2) is 48.6 Å². The van der Waals surface area contributed by atoms with Crippen molar-refractivity contribution in [2.24, 2.45) is 0 Å². The number of hydrogen-bond donors (Lipinski definition) is 0. The summed E-state index contributed by atoms with van der Waals surface area (Å²) in [5.41, 5.74) is 3.44. The Balaban J connectivity index is 1.87. The summed E-state index contributed by atoms with van der Waals surface area (Å²) >= 11 is 0. The van der Waals surface area contributed by atoms with E-state index in [9.17, 15) is 9.59 Å². The van der Waals surface area contributed by atoms with Crippen LogP contribution in [0.15, 0.2) is 60.8 Å². The van der Waals surface area contributed by atoms with Crippen LogP contribution in [0.3, 0.4) is 0 Å². The SMILES string of the molecule is CCCCN(CC(=O)N1c2ccccc2-n2cccc2C1c1cc(OC)ccc1OC)C(C)=O. The summed E-state index contributed by atoms with van der Waals surface area (Å²) in [7, 11) is 3.24. The van der Waals surface area contributed by atoms with E-state index in [-0.39, 0.29) is 18.4 Å². The van der Waals surface area contributed by atoms with Crippen LogP contribution in [0.25, 0.3) is 5.69 Å². The monoisotopic (exact) mass is 461 g/mol. The Morgan fingerprint density at radius 3 is 2.44 bits per heavy atom. The molecule has 4 rings (SSSR count). The largest absolute Gasteiger partial charge is 0.497 e. The highest BCUT2D eigenvalue weighted by Crippen LogP contribution is 2.45. The van der Waals surface area contributed by atoms with Crippen molar-refractivity contribution in [1.29, 1.82) is 0 Å². The van der Waals surface area contributed by atoms with Gasteiger partial charge in [-0.1, -0.05) is 25.5 Å². The van der Waals surface area contributed by atoms with Gasteiger partial charge in [-0.3, -0.25) is 14.5 Å². The van der Waals surface area contributed by atoms with Crippen molar-refractivity contribution in [1.82, 2.24) is 9.47 Å². The first-order valence-electron chi connectivity index (χ1n) is 11.6. The molecule has 1 aliphatic rings. The molecule has 34 heavy (non-hydrogen) atoms. The van der Waals surface area contributed by atoms with Gasteiger partial charge in [0.2, 0.25) is 11.8 Å². The van der Waals surface area contributed by atoms with Crippen molar-refractivity contribution in [2.45, 2.75) is 32.7 Å². The summed E-state index contributed by atoms with van der Waals surface area (Å²) in [6.07, 6.45) is 3.79. The number of carbonyl (C=O) groups is 2. The summed E-state index contributed by atoms with van der Waals surface area (Å²) < 4.78 is 13.3. The lowest BCUT2D eigenvalue weighted by Gasteiger charge is -2.40. The minimum atomic E-state index is -0.456. The van der Waals surface area contributed by atoms with Gasteiger partial charge in [-0.05, 0) is 48.9 Å². The van der Waals surface area contributed by atoms with E-state index >= 15 is 0 Å². The van der Waals surface area contributed by atoms with Gasteiger partial charge >= 0.3 is 0 Å². The fourth-order valence-corrected chi connectivity index (χ4v) is 4.55. The van der Waals surface area contributed by atoms with Crippen molar-refractivity contribution in [3.63, 3.8) is 0 Å². The molecule has 7 heteroatoms. The predicted octanol–water partition coefficient (Wildman–Crippen LogP) is 4.58.